The van der Waals surface area contributed by atoms with Crippen molar-refractivity contribution in [2.75, 3.05) is 0 Å². The van der Waals surface area contributed by atoms with Crippen LogP contribution in [0.25, 0.3) is 0 Å². The topological polar surface area (TPSA) is 42.2 Å². The third-order valence-corrected chi connectivity index (χ3v) is 4.19. The molecule has 1 aromatic heterocycles. The predicted molar refractivity (Wildman–Crippen MR) is 65.2 cm³/mol. The molecule has 0 bridgehead atoms. The first-order chi connectivity index (χ1) is 8.27. The van der Waals surface area contributed by atoms with Crippen molar-refractivity contribution in [2.24, 2.45) is 0 Å². The van der Waals surface area contributed by atoms with E-state index in [-0.39, 0.29) is 17.9 Å². The first-order valence-corrected chi connectivity index (χ1v) is 6.68. The van der Waals surface area contributed by atoms with E-state index in [0.29, 0.717) is 6.42 Å². The fraction of sp³-hybridized carbons (Fsp3) is 0.643. The lowest BCUT2D eigenvalue weighted by atomic mass is 9.91. The Balaban J connectivity index is 1.95. The van der Waals surface area contributed by atoms with Gasteiger partial charge < -0.3 is 9.67 Å². The van der Waals surface area contributed by atoms with E-state index < -0.39 is 0 Å². The maximum absolute atomic E-state index is 11.8. The first kappa shape index (κ1) is 11.0. The van der Waals surface area contributed by atoms with E-state index in [4.69, 9.17) is 0 Å². The Bertz CT molecular complexity index is 435. The van der Waals surface area contributed by atoms with E-state index in [1.807, 2.05) is 12.3 Å². The van der Waals surface area contributed by atoms with Gasteiger partial charge >= 0.3 is 0 Å². The van der Waals surface area contributed by atoms with Crippen LogP contribution in [0.3, 0.4) is 0 Å². The van der Waals surface area contributed by atoms with Gasteiger partial charge in [-0.2, -0.15) is 0 Å². The number of rotatable bonds is 1. The molecule has 1 saturated carbocycles. The molecule has 92 valence electrons. The maximum Gasteiger partial charge on any atom is 0.164 e. The summed E-state index contributed by atoms with van der Waals surface area (Å²) >= 11 is 0. The highest BCUT2D eigenvalue weighted by molar-refractivity contribution is 5.98. The average Bonchev–Trinajstić information content (AvgIpc) is 2.75. The third kappa shape index (κ3) is 1.82. The standard InChI is InChI=1S/C14H19NO2/c16-13-7-3-5-11-10(13)8-9-15(11)12-4-1-2-6-14(12)17/h8-9,12,14,17H,1-7H2. The van der Waals surface area contributed by atoms with Crippen molar-refractivity contribution in [3.05, 3.63) is 23.5 Å². The largest absolute Gasteiger partial charge is 0.391 e. The van der Waals surface area contributed by atoms with Crippen molar-refractivity contribution < 1.29 is 9.90 Å². The van der Waals surface area contributed by atoms with Crippen molar-refractivity contribution in [1.82, 2.24) is 4.57 Å². The minimum atomic E-state index is -0.239. The molecular weight excluding hydrogens is 214 g/mol. The Morgan fingerprint density at radius 3 is 2.82 bits per heavy atom. The molecule has 0 amide bonds. The molecule has 0 aliphatic heterocycles. The maximum atomic E-state index is 11.8. The fourth-order valence-electron chi connectivity index (χ4n) is 3.28. The fourth-order valence-corrected chi connectivity index (χ4v) is 3.28. The highest BCUT2D eigenvalue weighted by Gasteiger charge is 2.29. The molecule has 0 radical (unpaired) electrons. The summed E-state index contributed by atoms with van der Waals surface area (Å²) in [6.07, 6.45) is 8.63. The number of aromatic nitrogens is 1. The minimum absolute atomic E-state index is 0.193. The van der Waals surface area contributed by atoms with Gasteiger partial charge in [0.2, 0.25) is 0 Å². The van der Waals surface area contributed by atoms with Gasteiger partial charge in [0, 0.05) is 23.9 Å². The third-order valence-electron chi connectivity index (χ3n) is 4.19. The molecule has 2 unspecified atom stereocenters. The zero-order valence-corrected chi connectivity index (χ0v) is 10.1. The summed E-state index contributed by atoms with van der Waals surface area (Å²) in [7, 11) is 0. The lowest BCUT2D eigenvalue weighted by molar-refractivity contribution is 0.0737. The van der Waals surface area contributed by atoms with Crippen LogP contribution in [0.1, 0.15) is 60.6 Å². The Morgan fingerprint density at radius 1 is 1.18 bits per heavy atom. The monoisotopic (exact) mass is 233 g/mol. The molecule has 3 nitrogen and oxygen atoms in total. The smallest absolute Gasteiger partial charge is 0.164 e. The molecule has 1 aromatic rings. The van der Waals surface area contributed by atoms with Gasteiger partial charge in [-0.25, -0.2) is 0 Å². The summed E-state index contributed by atoms with van der Waals surface area (Å²) in [5, 5.41) is 10.1. The van der Waals surface area contributed by atoms with E-state index in [0.717, 1.165) is 43.4 Å². The van der Waals surface area contributed by atoms with Gasteiger partial charge in [0.25, 0.3) is 0 Å². The van der Waals surface area contributed by atoms with Crippen LogP contribution in [0.5, 0.6) is 0 Å². The number of ketones is 1. The zero-order chi connectivity index (χ0) is 11.8. The number of carbonyl (C=O) groups is 1. The van der Waals surface area contributed by atoms with Gasteiger partial charge in [-0.05, 0) is 31.7 Å². The number of hydrogen-bond donors (Lipinski definition) is 1. The lowest BCUT2D eigenvalue weighted by Gasteiger charge is -2.31. The normalized spacial score (nSPS) is 29.1. The predicted octanol–water partition coefficient (Wildman–Crippen LogP) is 2.48. The van der Waals surface area contributed by atoms with E-state index >= 15 is 0 Å². The molecule has 1 heterocycles. The van der Waals surface area contributed by atoms with Gasteiger partial charge in [0.1, 0.15) is 0 Å². The van der Waals surface area contributed by atoms with Gasteiger partial charge in [-0.15, -0.1) is 0 Å². The Kier molecular flexibility index (Phi) is 2.79. The Labute approximate surface area is 101 Å². The second-order valence-corrected chi connectivity index (χ2v) is 5.28. The van der Waals surface area contributed by atoms with Crippen molar-refractivity contribution in [1.29, 1.82) is 0 Å². The number of fused-ring (bicyclic) bond motifs is 1. The van der Waals surface area contributed by atoms with Crippen molar-refractivity contribution >= 4 is 5.78 Å². The molecule has 17 heavy (non-hydrogen) atoms. The summed E-state index contributed by atoms with van der Waals surface area (Å²) in [5.41, 5.74) is 2.06. The van der Waals surface area contributed by atoms with Crippen LogP contribution in [-0.4, -0.2) is 21.6 Å². The molecule has 0 aromatic carbocycles. The van der Waals surface area contributed by atoms with E-state index in [2.05, 4.69) is 4.57 Å². The molecule has 1 fully saturated rings. The molecule has 0 saturated heterocycles. The van der Waals surface area contributed by atoms with Crippen LogP contribution in [0.2, 0.25) is 0 Å². The van der Waals surface area contributed by atoms with E-state index in [9.17, 15) is 9.90 Å². The Hall–Kier alpha value is -1.09. The number of aliphatic hydroxyl groups is 1. The van der Waals surface area contributed by atoms with E-state index in [1.54, 1.807) is 0 Å². The molecule has 1 N–H and O–H groups in total. The molecule has 2 aliphatic rings. The van der Waals surface area contributed by atoms with Crippen molar-refractivity contribution in [3.63, 3.8) is 0 Å². The summed E-state index contributed by atoms with van der Waals surface area (Å²) < 4.78 is 2.18. The summed E-state index contributed by atoms with van der Waals surface area (Å²) in [6, 6.07) is 2.14. The Morgan fingerprint density at radius 2 is 2.00 bits per heavy atom. The van der Waals surface area contributed by atoms with Crippen LogP contribution >= 0.6 is 0 Å². The molecule has 3 heteroatoms. The lowest BCUT2D eigenvalue weighted by Crippen LogP contribution is -2.29. The number of aliphatic hydroxyl groups excluding tert-OH is 1. The number of hydrogen-bond acceptors (Lipinski definition) is 2. The van der Waals surface area contributed by atoms with Crippen molar-refractivity contribution in [2.45, 2.75) is 57.1 Å². The van der Waals surface area contributed by atoms with Crippen LogP contribution < -0.4 is 0 Å². The second-order valence-electron chi connectivity index (χ2n) is 5.28. The van der Waals surface area contributed by atoms with Gasteiger partial charge in [0.15, 0.2) is 5.78 Å². The summed E-state index contributed by atoms with van der Waals surface area (Å²) in [4.78, 5) is 11.8. The van der Waals surface area contributed by atoms with Crippen molar-refractivity contribution in [3.8, 4) is 0 Å². The SMILES string of the molecule is O=C1CCCc2c1ccn2C1CCCCC1O. The molecular formula is C14H19NO2. The van der Waals surface area contributed by atoms with Gasteiger partial charge in [-0.3, -0.25) is 4.79 Å². The van der Waals surface area contributed by atoms with Crippen LogP contribution in [-0.2, 0) is 6.42 Å². The second kappa shape index (κ2) is 4.30. The van der Waals surface area contributed by atoms with Crippen LogP contribution in [0.15, 0.2) is 12.3 Å². The quantitative estimate of drug-likeness (QED) is 0.809. The van der Waals surface area contributed by atoms with Crippen LogP contribution in [0.4, 0.5) is 0 Å². The molecule has 2 aliphatic carbocycles. The average molecular weight is 233 g/mol. The highest BCUT2D eigenvalue weighted by atomic mass is 16.3. The zero-order valence-electron chi connectivity index (χ0n) is 10.1. The number of Topliss-reactive ketones (excluding diaryl/α,β-unsaturated/α-hetero) is 1. The minimum Gasteiger partial charge on any atom is -0.391 e. The number of carbonyl (C=O) groups excluding carboxylic acids is 1. The van der Waals surface area contributed by atoms with E-state index in [1.165, 1.54) is 6.42 Å². The molecule has 3 rings (SSSR count). The number of nitrogens with zero attached hydrogens (tertiary/aromatic N) is 1. The summed E-state index contributed by atoms with van der Waals surface area (Å²) in [6.45, 7) is 0. The highest BCUT2D eigenvalue weighted by Crippen LogP contribution is 2.33. The first-order valence-electron chi connectivity index (χ1n) is 6.68. The summed E-state index contributed by atoms with van der Waals surface area (Å²) in [5.74, 6) is 0.273. The van der Waals surface area contributed by atoms with Crippen LogP contribution in [0, 0.1) is 0 Å². The van der Waals surface area contributed by atoms with Gasteiger partial charge in [-0.1, -0.05) is 12.8 Å². The molecule has 2 atom stereocenters. The molecule has 0 spiro atoms. The van der Waals surface area contributed by atoms with Gasteiger partial charge in [0.05, 0.1) is 12.1 Å².